The Balaban J connectivity index is 2.03. The highest BCUT2D eigenvalue weighted by molar-refractivity contribution is 5.87. The summed E-state index contributed by atoms with van der Waals surface area (Å²) in [7, 11) is 0. The zero-order chi connectivity index (χ0) is 15.2. The van der Waals surface area contributed by atoms with Crippen molar-refractivity contribution in [3.8, 4) is 11.3 Å². The van der Waals surface area contributed by atoms with Gasteiger partial charge in [-0.1, -0.05) is 45.0 Å². The Morgan fingerprint density at radius 2 is 1.71 bits per heavy atom. The number of hydrogen-bond acceptors (Lipinski definition) is 1. The third-order valence-corrected chi connectivity index (χ3v) is 4.10. The van der Waals surface area contributed by atoms with E-state index in [1.54, 1.807) is 6.07 Å². The van der Waals surface area contributed by atoms with Gasteiger partial charge in [-0.05, 0) is 41.5 Å². The minimum atomic E-state index is -0.848. The molecular weight excluding hydrogens is 262 g/mol. The first-order valence-corrected chi connectivity index (χ1v) is 7.43. The first kappa shape index (κ1) is 13.9. The zero-order valence-electron chi connectivity index (χ0n) is 12.8. The maximum Gasteiger partial charge on any atom is 0.352 e. The second kappa shape index (κ2) is 4.76. The third kappa shape index (κ3) is 2.60. The molecule has 0 atom stereocenters. The van der Waals surface area contributed by atoms with Gasteiger partial charge in [0.25, 0.3) is 0 Å². The third-order valence-electron chi connectivity index (χ3n) is 4.10. The molecule has 1 aromatic heterocycles. The smallest absolute Gasteiger partial charge is 0.352 e. The van der Waals surface area contributed by atoms with E-state index in [1.165, 1.54) is 5.56 Å². The average Bonchev–Trinajstić information content (AvgIpc) is 3.16. The Kier molecular flexibility index (Phi) is 3.16. The molecule has 0 amide bonds. The fourth-order valence-electron chi connectivity index (χ4n) is 2.72. The van der Waals surface area contributed by atoms with E-state index in [0.717, 1.165) is 24.1 Å². The largest absolute Gasteiger partial charge is 0.477 e. The second-order valence-electron chi connectivity index (χ2n) is 6.84. The van der Waals surface area contributed by atoms with Crippen LogP contribution in [0.25, 0.3) is 11.3 Å². The van der Waals surface area contributed by atoms with Crippen LogP contribution < -0.4 is 0 Å². The van der Waals surface area contributed by atoms with E-state index >= 15 is 0 Å². The monoisotopic (exact) mass is 283 g/mol. The number of benzene rings is 1. The fraction of sp³-hybridized carbons (Fsp3) is 0.389. The van der Waals surface area contributed by atoms with Crippen molar-refractivity contribution < 1.29 is 9.90 Å². The standard InChI is InChI=1S/C18H21NO2/c1-18(2,3)13-6-4-12(5-7-13)15-10-11-16(17(20)21)19(15)14-8-9-14/h4-7,10-11,14H,8-9H2,1-3H3,(H,20,21). The molecule has 1 aromatic carbocycles. The SMILES string of the molecule is CC(C)(C)c1ccc(-c2ccc(C(=O)O)n2C2CC2)cc1. The topological polar surface area (TPSA) is 42.2 Å². The minimum absolute atomic E-state index is 0.128. The van der Waals surface area contributed by atoms with E-state index in [2.05, 4.69) is 45.0 Å². The van der Waals surface area contributed by atoms with Crippen LogP contribution in [0.15, 0.2) is 36.4 Å². The van der Waals surface area contributed by atoms with Gasteiger partial charge in [-0.3, -0.25) is 0 Å². The molecule has 21 heavy (non-hydrogen) atoms. The molecule has 3 rings (SSSR count). The highest BCUT2D eigenvalue weighted by atomic mass is 16.4. The van der Waals surface area contributed by atoms with Crippen molar-refractivity contribution in [3.05, 3.63) is 47.7 Å². The van der Waals surface area contributed by atoms with Crippen LogP contribution in [0.4, 0.5) is 0 Å². The van der Waals surface area contributed by atoms with Crippen LogP contribution in [-0.2, 0) is 5.41 Å². The van der Waals surface area contributed by atoms with Gasteiger partial charge in [-0.2, -0.15) is 0 Å². The molecule has 1 heterocycles. The molecule has 1 fully saturated rings. The summed E-state index contributed by atoms with van der Waals surface area (Å²) in [6.45, 7) is 6.58. The molecule has 3 nitrogen and oxygen atoms in total. The molecule has 0 saturated heterocycles. The van der Waals surface area contributed by atoms with Crippen molar-refractivity contribution in [2.75, 3.05) is 0 Å². The van der Waals surface area contributed by atoms with Crippen molar-refractivity contribution >= 4 is 5.97 Å². The number of nitrogens with zero attached hydrogens (tertiary/aromatic N) is 1. The lowest BCUT2D eigenvalue weighted by molar-refractivity contribution is 0.0685. The Morgan fingerprint density at radius 3 is 2.19 bits per heavy atom. The summed E-state index contributed by atoms with van der Waals surface area (Å²) in [5, 5.41) is 9.33. The molecular formula is C18H21NO2. The van der Waals surface area contributed by atoms with Gasteiger partial charge in [-0.15, -0.1) is 0 Å². The van der Waals surface area contributed by atoms with Gasteiger partial charge in [-0.25, -0.2) is 4.79 Å². The van der Waals surface area contributed by atoms with Crippen LogP contribution in [0.2, 0.25) is 0 Å². The van der Waals surface area contributed by atoms with Gasteiger partial charge in [0.1, 0.15) is 5.69 Å². The predicted octanol–water partition coefficient (Wildman–Crippen LogP) is 4.49. The van der Waals surface area contributed by atoms with E-state index in [4.69, 9.17) is 0 Å². The molecule has 110 valence electrons. The van der Waals surface area contributed by atoms with Crippen molar-refractivity contribution in [1.82, 2.24) is 4.57 Å². The van der Waals surface area contributed by atoms with Gasteiger partial charge >= 0.3 is 5.97 Å². The molecule has 0 bridgehead atoms. The number of carboxylic acid groups (broad SMARTS) is 1. The van der Waals surface area contributed by atoms with Crippen molar-refractivity contribution in [2.45, 2.75) is 45.1 Å². The van der Waals surface area contributed by atoms with E-state index in [0.29, 0.717) is 11.7 Å². The lowest BCUT2D eigenvalue weighted by atomic mass is 9.86. The summed E-state index contributed by atoms with van der Waals surface area (Å²) in [6, 6.07) is 12.5. The average molecular weight is 283 g/mol. The zero-order valence-corrected chi connectivity index (χ0v) is 12.8. The first-order valence-electron chi connectivity index (χ1n) is 7.43. The van der Waals surface area contributed by atoms with Gasteiger partial charge in [0.15, 0.2) is 0 Å². The van der Waals surface area contributed by atoms with Crippen LogP contribution in [-0.4, -0.2) is 15.6 Å². The molecule has 1 aliphatic carbocycles. The molecule has 0 spiro atoms. The Bertz CT molecular complexity index is 670. The normalized spacial score (nSPS) is 15.2. The molecule has 3 heteroatoms. The molecule has 2 aromatic rings. The minimum Gasteiger partial charge on any atom is -0.477 e. The van der Waals surface area contributed by atoms with Gasteiger partial charge in [0.05, 0.1) is 0 Å². The number of rotatable bonds is 3. The number of carboxylic acids is 1. The Morgan fingerprint density at radius 1 is 1.10 bits per heavy atom. The van der Waals surface area contributed by atoms with Crippen LogP contribution in [0, 0.1) is 0 Å². The highest BCUT2D eigenvalue weighted by Gasteiger charge is 2.29. The number of carbonyl (C=O) groups is 1. The number of hydrogen-bond donors (Lipinski definition) is 1. The fourth-order valence-corrected chi connectivity index (χ4v) is 2.72. The van der Waals surface area contributed by atoms with Crippen LogP contribution >= 0.6 is 0 Å². The lowest BCUT2D eigenvalue weighted by Crippen LogP contribution is -2.11. The van der Waals surface area contributed by atoms with Gasteiger partial charge < -0.3 is 9.67 Å². The van der Waals surface area contributed by atoms with Crippen molar-refractivity contribution in [1.29, 1.82) is 0 Å². The van der Waals surface area contributed by atoms with Crippen LogP contribution in [0.3, 0.4) is 0 Å². The summed E-state index contributed by atoms with van der Waals surface area (Å²) in [4.78, 5) is 11.4. The van der Waals surface area contributed by atoms with Gasteiger partial charge in [0.2, 0.25) is 0 Å². The summed E-state index contributed by atoms with van der Waals surface area (Å²) in [6.07, 6.45) is 2.14. The lowest BCUT2D eigenvalue weighted by Gasteiger charge is -2.19. The second-order valence-corrected chi connectivity index (χ2v) is 6.84. The molecule has 0 radical (unpaired) electrons. The Hall–Kier alpha value is -2.03. The summed E-state index contributed by atoms with van der Waals surface area (Å²) in [5.74, 6) is -0.848. The molecule has 1 N–H and O–H groups in total. The number of aromatic nitrogens is 1. The van der Waals surface area contributed by atoms with E-state index in [1.807, 2.05) is 10.6 Å². The predicted molar refractivity (Wildman–Crippen MR) is 83.8 cm³/mol. The number of aromatic carboxylic acids is 1. The van der Waals surface area contributed by atoms with Crippen LogP contribution in [0.1, 0.15) is 55.7 Å². The van der Waals surface area contributed by atoms with E-state index in [-0.39, 0.29) is 5.41 Å². The summed E-state index contributed by atoms with van der Waals surface area (Å²) < 4.78 is 1.98. The van der Waals surface area contributed by atoms with Gasteiger partial charge in [0, 0.05) is 11.7 Å². The summed E-state index contributed by atoms with van der Waals surface area (Å²) in [5.41, 5.74) is 3.91. The maximum absolute atomic E-state index is 11.4. The Labute approximate surface area is 125 Å². The molecule has 1 aliphatic rings. The van der Waals surface area contributed by atoms with Crippen LogP contribution in [0.5, 0.6) is 0 Å². The van der Waals surface area contributed by atoms with Crippen molar-refractivity contribution in [2.24, 2.45) is 0 Å². The first-order chi connectivity index (χ1) is 9.88. The highest BCUT2D eigenvalue weighted by Crippen LogP contribution is 2.40. The molecule has 1 saturated carbocycles. The van der Waals surface area contributed by atoms with Crippen molar-refractivity contribution in [3.63, 3.8) is 0 Å². The summed E-state index contributed by atoms with van der Waals surface area (Å²) >= 11 is 0. The van der Waals surface area contributed by atoms with E-state index < -0.39 is 5.97 Å². The molecule has 0 aliphatic heterocycles. The molecule has 0 unspecified atom stereocenters. The van der Waals surface area contributed by atoms with E-state index in [9.17, 15) is 9.90 Å². The maximum atomic E-state index is 11.4. The quantitative estimate of drug-likeness (QED) is 0.902.